The molecule has 6 heteroatoms. The second-order valence-corrected chi connectivity index (χ2v) is 6.38. The molecule has 1 atom stereocenters. The molecule has 3 aromatic rings. The van der Waals surface area contributed by atoms with E-state index in [4.69, 9.17) is 4.74 Å². The maximum atomic E-state index is 12.3. The fraction of sp³-hybridized carbons (Fsp3) is 0.316. The lowest BCUT2D eigenvalue weighted by Gasteiger charge is -2.15. The summed E-state index contributed by atoms with van der Waals surface area (Å²) >= 11 is 0. The van der Waals surface area contributed by atoms with Gasteiger partial charge in [0.2, 0.25) is 0 Å². The predicted octanol–water partition coefficient (Wildman–Crippen LogP) is 3.73. The van der Waals surface area contributed by atoms with E-state index in [9.17, 15) is 4.79 Å². The van der Waals surface area contributed by atoms with E-state index in [1.807, 2.05) is 55.8 Å². The van der Waals surface area contributed by atoms with E-state index in [-0.39, 0.29) is 11.9 Å². The van der Waals surface area contributed by atoms with E-state index in [1.165, 1.54) is 0 Å². The average molecular weight is 338 g/mol. The molecule has 0 bridgehead atoms. The van der Waals surface area contributed by atoms with Gasteiger partial charge in [-0.2, -0.15) is 5.10 Å². The highest BCUT2D eigenvalue weighted by atomic mass is 16.5. The molecule has 2 heterocycles. The predicted molar refractivity (Wildman–Crippen MR) is 97.8 cm³/mol. The Bertz CT molecular complexity index is 884. The number of amides is 1. The Labute approximate surface area is 146 Å². The molecule has 0 spiro atoms. The molecule has 1 amide bonds. The van der Waals surface area contributed by atoms with E-state index < -0.39 is 6.10 Å². The van der Waals surface area contributed by atoms with Crippen molar-refractivity contribution in [3.05, 3.63) is 48.3 Å². The van der Waals surface area contributed by atoms with Gasteiger partial charge in [0.1, 0.15) is 5.75 Å². The summed E-state index contributed by atoms with van der Waals surface area (Å²) in [4.78, 5) is 16.8. The fourth-order valence-electron chi connectivity index (χ4n) is 2.50. The number of aromatic nitrogens is 3. The van der Waals surface area contributed by atoms with Crippen LogP contribution in [0.4, 0.5) is 5.69 Å². The summed E-state index contributed by atoms with van der Waals surface area (Å²) < 4.78 is 7.53. The van der Waals surface area contributed by atoms with Gasteiger partial charge in [-0.15, -0.1) is 0 Å². The Morgan fingerprint density at radius 3 is 2.56 bits per heavy atom. The summed E-state index contributed by atoms with van der Waals surface area (Å²) in [5, 5.41) is 8.06. The Morgan fingerprint density at radius 2 is 1.88 bits per heavy atom. The molecule has 0 radical (unpaired) electrons. The van der Waals surface area contributed by atoms with Crippen molar-refractivity contribution in [2.45, 2.75) is 39.8 Å². The number of nitrogens with one attached hydrogen (secondary N) is 1. The smallest absolute Gasteiger partial charge is 0.265 e. The van der Waals surface area contributed by atoms with Gasteiger partial charge in [-0.25, -0.2) is 9.67 Å². The van der Waals surface area contributed by atoms with E-state index >= 15 is 0 Å². The first-order chi connectivity index (χ1) is 11.9. The number of hydrogen-bond acceptors (Lipinski definition) is 4. The van der Waals surface area contributed by atoms with Crippen LogP contribution in [0, 0.1) is 6.92 Å². The molecular formula is C19H22N4O2. The summed E-state index contributed by atoms with van der Waals surface area (Å²) in [6.07, 6.45) is 2.78. The van der Waals surface area contributed by atoms with Crippen molar-refractivity contribution in [1.82, 2.24) is 14.8 Å². The van der Waals surface area contributed by atoms with Crippen LogP contribution in [0.5, 0.6) is 5.75 Å². The first kappa shape index (κ1) is 17.0. The van der Waals surface area contributed by atoms with Gasteiger partial charge in [-0.05, 0) is 45.9 Å². The quantitative estimate of drug-likeness (QED) is 0.770. The van der Waals surface area contributed by atoms with Crippen molar-refractivity contribution in [3.8, 4) is 5.75 Å². The van der Waals surface area contributed by atoms with E-state index in [0.717, 1.165) is 16.6 Å². The van der Waals surface area contributed by atoms with Gasteiger partial charge in [-0.3, -0.25) is 4.79 Å². The average Bonchev–Trinajstić information content (AvgIpc) is 3.00. The van der Waals surface area contributed by atoms with Gasteiger partial charge in [0.05, 0.1) is 18.1 Å². The number of carbonyl (C=O) groups is 1. The second kappa shape index (κ2) is 6.93. The molecule has 25 heavy (non-hydrogen) atoms. The molecule has 0 saturated carbocycles. The van der Waals surface area contributed by atoms with Crippen LogP contribution in [0.1, 0.15) is 32.4 Å². The molecule has 0 fully saturated rings. The summed E-state index contributed by atoms with van der Waals surface area (Å²) in [6.45, 7) is 7.82. The number of aryl methyl sites for hydroxylation is 1. The molecule has 1 aromatic carbocycles. The van der Waals surface area contributed by atoms with E-state index in [0.29, 0.717) is 11.4 Å². The van der Waals surface area contributed by atoms with Gasteiger partial charge in [0, 0.05) is 11.4 Å². The van der Waals surface area contributed by atoms with Crippen molar-refractivity contribution in [1.29, 1.82) is 0 Å². The van der Waals surface area contributed by atoms with Crippen molar-refractivity contribution in [2.75, 3.05) is 5.32 Å². The number of rotatable bonds is 5. The molecule has 0 saturated heterocycles. The molecule has 3 rings (SSSR count). The molecule has 2 aromatic heterocycles. The number of ether oxygens (including phenoxy) is 1. The molecule has 1 N–H and O–H groups in total. The Hall–Kier alpha value is -2.89. The third-order valence-electron chi connectivity index (χ3n) is 3.89. The standard InChI is InChI=1S/C19H22N4O2/c1-12(2)23-18-15(10-21-23)9-16(11-20-18)22-19(24)14(4)25-17-7-5-13(3)6-8-17/h5-12,14H,1-4H3,(H,22,24)/t14-/m0/s1. The molecular weight excluding hydrogens is 316 g/mol. The van der Waals surface area contributed by atoms with Crippen molar-refractivity contribution < 1.29 is 9.53 Å². The number of nitrogens with zero attached hydrogens (tertiary/aromatic N) is 3. The lowest BCUT2D eigenvalue weighted by atomic mass is 10.2. The van der Waals surface area contributed by atoms with Crippen molar-refractivity contribution >= 4 is 22.6 Å². The van der Waals surface area contributed by atoms with Gasteiger partial charge in [-0.1, -0.05) is 17.7 Å². The molecule has 6 nitrogen and oxygen atoms in total. The topological polar surface area (TPSA) is 69.0 Å². The lowest BCUT2D eigenvalue weighted by molar-refractivity contribution is -0.122. The zero-order chi connectivity index (χ0) is 18.0. The fourth-order valence-corrected chi connectivity index (χ4v) is 2.50. The van der Waals surface area contributed by atoms with E-state index in [1.54, 1.807) is 19.3 Å². The number of anilines is 1. The van der Waals surface area contributed by atoms with Gasteiger partial charge in [0.25, 0.3) is 5.91 Å². The summed E-state index contributed by atoms with van der Waals surface area (Å²) in [5.74, 6) is 0.443. The Balaban J connectivity index is 1.69. The molecule has 0 aliphatic carbocycles. The first-order valence-corrected chi connectivity index (χ1v) is 8.31. The van der Waals surface area contributed by atoms with Crippen LogP contribution in [0.25, 0.3) is 11.0 Å². The highest BCUT2D eigenvalue weighted by Gasteiger charge is 2.16. The number of hydrogen-bond donors (Lipinski definition) is 1. The molecule has 130 valence electrons. The number of fused-ring (bicyclic) bond motifs is 1. The maximum absolute atomic E-state index is 12.3. The number of pyridine rings is 1. The molecule has 0 unspecified atom stereocenters. The first-order valence-electron chi connectivity index (χ1n) is 8.31. The highest BCUT2D eigenvalue weighted by molar-refractivity contribution is 5.95. The van der Waals surface area contributed by atoms with Crippen molar-refractivity contribution in [3.63, 3.8) is 0 Å². The van der Waals surface area contributed by atoms with Crippen LogP contribution >= 0.6 is 0 Å². The lowest BCUT2D eigenvalue weighted by Crippen LogP contribution is -2.30. The summed E-state index contributed by atoms with van der Waals surface area (Å²) in [6, 6.07) is 9.70. The third kappa shape index (κ3) is 3.79. The normalized spacial score (nSPS) is 12.4. The van der Waals surface area contributed by atoms with Crippen LogP contribution < -0.4 is 10.1 Å². The van der Waals surface area contributed by atoms with Crippen LogP contribution in [0.2, 0.25) is 0 Å². The minimum absolute atomic E-state index is 0.224. The Kier molecular flexibility index (Phi) is 4.70. The summed E-state index contributed by atoms with van der Waals surface area (Å²) in [5.41, 5.74) is 2.57. The summed E-state index contributed by atoms with van der Waals surface area (Å²) in [7, 11) is 0. The third-order valence-corrected chi connectivity index (χ3v) is 3.89. The number of benzene rings is 1. The monoisotopic (exact) mass is 338 g/mol. The maximum Gasteiger partial charge on any atom is 0.265 e. The highest BCUT2D eigenvalue weighted by Crippen LogP contribution is 2.20. The minimum Gasteiger partial charge on any atom is -0.481 e. The SMILES string of the molecule is Cc1ccc(O[C@@H](C)C(=O)Nc2cnc3c(cnn3C(C)C)c2)cc1. The Morgan fingerprint density at radius 1 is 1.16 bits per heavy atom. The van der Waals surface area contributed by atoms with Crippen LogP contribution in [0.15, 0.2) is 42.7 Å². The van der Waals surface area contributed by atoms with Crippen LogP contribution in [-0.2, 0) is 4.79 Å². The van der Waals surface area contributed by atoms with Gasteiger partial charge >= 0.3 is 0 Å². The molecule has 0 aliphatic rings. The van der Waals surface area contributed by atoms with Crippen LogP contribution in [-0.4, -0.2) is 26.8 Å². The van der Waals surface area contributed by atoms with Crippen LogP contribution in [0.3, 0.4) is 0 Å². The largest absolute Gasteiger partial charge is 0.481 e. The second-order valence-electron chi connectivity index (χ2n) is 6.38. The number of carbonyl (C=O) groups excluding carboxylic acids is 1. The van der Waals surface area contributed by atoms with Gasteiger partial charge in [0.15, 0.2) is 11.8 Å². The van der Waals surface area contributed by atoms with Crippen molar-refractivity contribution in [2.24, 2.45) is 0 Å². The minimum atomic E-state index is -0.614. The zero-order valence-electron chi connectivity index (χ0n) is 14.9. The van der Waals surface area contributed by atoms with E-state index in [2.05, 4.69) is 15.4 Å². The van der Waals surface area contributed by atoms with Gasteiger partial charge < -0.3 is 10.1 Å². The molecule has 0 aliphatic heterocycles. The zero-order valence-corrected chi connectivity index (χ0v) is 14.9.